The Balaban J connectivity index is 1.70. The predicted molar refractivity (Wildman–Crippen MR) is 139 cm³/mol. The van der Waals surface area contributed by atoms with E-state index < -0.39 is 0 Å². The number of rotatable bonds is 5. The number of nitrogens with zero attached hydrogens (tertiary/aromatic N) is 5. The van der Waals surface area contributed by atoms with Gasteiger partial charge in [0.05, 0.1) is 0 Å². The number of halogens is 1. The molecule has 8 nitrogen and oxygen atoms in total. The van der Waals surface area contributed by atoms with Crippen molar-refractivity contribution in [2.75, 3.05) is 17.7 Å². The summed E-state index contributed by atoms with van der Waals surface area (Å²) < 4.78 is 24.1. The molecule has 0 bridgehead atoms. The van der Waals surface area contributed by atoms with E-state index in [0.717, 1.165) is 39.0 Å². The van der Waals surface area contributed by atoms with Crippen molar-refractivity contribution in [1.82, 2.24) is 24.1 Å². The summed E-state index contributed by atoms with van der Waals surface area (Å²) in [7, 11) is 3.68. The highest BCUT2D eigenvalue weighted by Crippen LogP contribution is 2.43. The van der Waals surface area contributed by atoms with Gasteiger partial charge in [0.25, 0.3) is 5.89 Å². The van der Waals surface area contributed by atoms with Crippen LogP contribution < -0.4 is 10.6 Å². The Hall–Kier alpha value is -4.66. The highest BCUT2D eigenvalue weighted by Gasteiger charge is 2.27. The number of pyridine rings is 1. The van der Waals surface area contributed by atoms with Crippen LogP contribution in [0.15, 0.2) is 65.2 Å². The van der Waals surface area contributed by atoms with Crippen molar-refractivity contribution in [2.45, 2.75) is 13.8 Å². The van der Waals surface area contributed by atoms with E-state index in [1.54, 1.807) is 17.5 Å². The highest BCUT2D eigenvalue weighted by molar-refractivity contribution is 6.05. The van der Waals surface area contributed by atoms with E-state index in [2.05, 4.69) is 20.8 Å². The average Bonchev–Trinajstić information content (AvgIpc) is 3.56. The molecule has 4 heterocycles. The van der Waals surface area contributed by atoms with Crippen LogP contribution in [0, 0.1) is 19.7 Å². The number of anilines is 3. The third kappa shape index (κ3) is 3.31. The Morgan fingerprint density at radius 1 is 0.944 bits per heavy atom. The number of imidazole rings is 1. The quantitative estimate of drug-likeness (QED) is 0.310. The lowest BCUT2D eigenvalue weighted by Crippen LogP contribution is -2.01. The van der Waals surface area contributed by atoms with Crippen molar-refractivity contribution in [2.24, 2.45) is 7.05 Å². The Morgan fingerprint density at radius 3 is 2.47 bits per heavy atom. The molecule has 36 heavy (non-hydrogen) atoms. The Kier molecular flexibility index (Phi) is 4.99. The molecule has 0 saturated carbocycles. The van der Waals surface area contributed by atoms with Crippen LogP contribution in [0.4, 0.5) is 21.9 Å². The van der Waals surface area contributed by atoms with Crippen molar-refractivity contribution < 1.29 is 8.81 Å². The van der Waals surface area contributed by atoms with Gasteiger partial charge in [0.15, 0.2) is 0 Å². The Bertz CT molecular complexity index is 1740. The summed E-state index contributed by atoms with van der Waals surface area (Å²) in [6.07, 6.45) is 1.44. The van der Waals surface area contributed by atoms with E-state index in [0.29, 0.717) is 29.1 Å². The van der Waals surface area contributed by atoms with Gasteiger partial charge in [-0.05, 0) is 43.2 Å². The number of aromatic nitrogens is 5. The SMILES string of the molecule is CNc1nnc(-c2c(-c3nc4ccc(F)cn4c3Nc3c(C)cccc3C)c3ccccc3n2C)o1. The van der Waals surface area contributed by atoms with Gasteiger partial charge in [-0.15, -0.1) is 5.10 Å². The molecule has 6 aromatic rings. The Labute approximate surface area is 206 Å². The minimum Gasteiger partial charge on any atom is -0.402 e. The summed E-state index contributed by atoms with van der Waals surface area (Å²) >= 11 is 0. The van der Waals surface area contributed by atoms with Crippen LogP contribution in [0.1, 0.15) is 11.1 Å². The molecule has 0 unspecified atom stereocenters. The maximum absolute atomic E-state index is 14.4. The summed E-state index contributed by atoms with van der Waals surface area (Å²) in [5, 5.41) is 15.8. The van der Waals surface area contributed by atoms with Gasteiger partial charge in [0.1, 0.15) is 28.7 Å². The van der Waals surface area contributed by atoms with Crippen molar-refractivity contribution in [3.8, 4) is 22.8 Å². The van der Waals surface area contributed by atoms with Crippen LogP contribution in [0.2, 0.25) is 0 Å². The maximum atomic E-state index is 14.4. The van der Waals surface area contributed by atoms with E-state index in [-0.39, 0.29) is 5.82 Å². The van der Waals surface area contributed by atoms with Crippen LogP contribution in [0.5, 0.6) is 0 Å². The van der Waals surface area contributed by atoms with E-state index in [1.165, 1.54) is 12.3 Å². The van der Waals surface area contributed by atoms with Crippen LogP contribution in [-0.2, 0) is 7.05 Å². The van der Waals surface area contributed by atoms with E-state index in [4.69, 9.17) is 9.40 Å². The number of hydrogen-bond donors (Lipinski definition) is 2. The summed E-state index contributed by atoms with van der Waals surface area (Å²) in [6, 6.07) is 17.5. The van der Waals surface area contributed by atoms with E-state index >= 15 is 0 Å². The molecular weight excluding hydrogens is 457 g/mol. The standard InChI is InChI=1S/C27H24FN7O/c1-15-8-7-9-16(2)22(15)31-25-23(30-20-13-12-17(28)14-35(20)25)21-18-10-5-6-11-19(18)34(4)24(21)26-32-33-27(29-3)36-26/h5-14,31H,1-4H3,(H,29,33). The molecule has 0 aliphatic heterocycles. The van der Waals surface area contributed by atoms with Crippen molar-refractivity contribution in [3.05, 3.63) is 77.7 Å². The number of aryl methyl sites for hydroxylation is 3. The molecule has 0 aliphatic carbocycles. The molecule has 0 amide bonds. The van der Waals surface area contributed by atoms with Gasteiger partial charge in [-0.2, -0.15) is 0 Å². The largest absolute Gasteiger partial charge is 0.402 e. The van der Waals surface area contributed by atoms with Crippen LogP contribution in [-0.4, -0.2) is 31.2 Å². The van der Waals surface area contributed by atoms with Gasteiger partial charge in [-0.3, -0.25) is 4.40 Å². The van der Waals surface area contributed by atoms with Crippen LogP contribution in [0.3, 0.4) is 0 Å². The lowest BCUT2D eigenvalue weighted by molar-refractivity contribution is 0.580. The smallest absolute Gasteiger partial charge is 0.315 e. The molecule has 0 aliphatic rings. The van der Waals surface area contributed by atoms with Crippen LogP contribution in [0.25, 0.3) is 39.4 Å². The third-order valence-electron chi connectivity index (χ3n) is 6.49. The zero-order valence-electron chi connectivity index (χ0n) is 20.3. The summed E-state index contributed by atoms with van der Waals surface area (Å²) in [5.41, 5.74) is 6.87. The van der Waals surface area contributed by atoms with Crippen LogP contribution >= 0.6 is 0 Å². The fourth-order valence-electron chi connectivity index (χ4n) is 4.75. The molecule has 180 valence electrons. The molecule has 2 N–H and O–H groups in total. The normalized spacial score (nSPS) is 11.5. The number of benzene rings is 2. The second-order valence-corrected chi connectivity index (χ2v) is 8.74. The number of fused-ring (bicyclic) bond motifs is 2. The fourth-order valence-corrected chi connectivity index (χ4v) is 4.75. The lowest BCUT2D eigenvalue weighted by Gasteiger charge is -2.14. The van der Waals surface area contributed by atoms with Gasteiger partial charge in [-0.25, -0.2) is 9.37 Å². The van der Waals surface area contributed by atoms with E-state index in [1.807, 2.05) is 67.9 Å². The number of nitrogens with one attached hydrogen (secondary N) is 2. The molecule has 9 heteroatoms. The van der Waals surface area contributed by atoms with Gasteiger partial charge < -0.3 is 19.6 Å². The highest BCUT2D eigenvalue weighted by atomic mass is 19.1. The topological polar surface area (TPSA) is 85.2 Å². The number of hydrogen-bond acceptors (Lipinski definition) is 6. The zero-order chi connectivity index (χ0) is 25.0. The van der Waals surface area contributed by atoms with Gasteiger partial charge >= 0.3 is 6.01 Å². The molecule has 6 rings (SSSR count). The molecule has 0 spiro atoms. The van der Waals surface area contributed by atoms with Crippen molar-refractivity contribution >= 4 is 34.1 Å². The Morgan fingerprint density at radius 2 is 1.72 bits per heavy atom. The molecule has 0 radical (unpaired) electrons. The third-order valence-corrected chi connectivity index (χ3v) is 6.49. The summed E-state index contributed by atoms with van der Waals surface area (Å²) in [6.45, 7) is 4.08. The summed E-state index contributed by atoms with van der Waals surface area (Å²) in [4.78, 5) is 4.97. The first-order valence-electron chi connectivity index (χ1n) is 11.6. The predicted octanol–water partition coefficient (Wildman–Crippen LogP) is 6.08. The monoisotopic (exact) mass is 481 g/mol. The lowest BCUT2D eigenvalue weighted by atomic mass is 10.1. The van der Waals surface area contributed by atoms with Gasteiger partial charge in [0, 0.05) is 42.4 Å². The average molecular weight is 482 g/mol. The fraction of sp³-hybridized carbons (Fsp3) is 0.148. The molecule has 4 aromatic heterocycles. The first-order chi connectivity index (χ1) is 17.5. The minimum atomic E-state index is -0.357. The van der Waals surface area contributed by atoms with Crippen molar-refractivity contribution in [1.29, 1.82) is 0 Å². The van der Waals surface area contributed by atoms with Crippen molar-refractivity contribution in [3.63, 3.8) is 0 Å². The molecule has 0 fully saturated rings. The first-order valence-corrected chi connectivity index (χ1v) is 11.6. The maximum Gasteiger partial charge on any atom is 0.315 e. The van der Waals surface area contributed by atoms with E-state index in [9.17, 15) is 4.39 Å². The summed E-state index contributed by atoms with van der Waals surface area (Å²) in [5.74, 6) is 0.645. The zero-order valence-corrected chi connectivity index (χ0v) is 20.3. The van der Waals surface area contributed by atoms with Gasteiger partial charge in [-0.1, -0.05) is 41.5 Å². The second kappa shape index (κ2) is 8.23. The molecule has 2 aromatic carbocycles. The molecule has 0 saturated heterocycles. The molecular formula is C27H24FN7O. The minimum absolute atomic E-state index is 0.312. The first kappa shape index (κ1) is 21.8. The second-order valence-electron chi connectivity index (χ2n) is 8.74. The number of para-hydroxylation sites is 2. The van der Waals surface area contributed by atoms with Gasteiger partial charge in [0.2, 0.25) is 0 Å². The molecule has 0 atom stereocenters.